The van der Waals surface area contributed by atoms with E-state index >= 15 is 0 Å². The molecule has 122 valence electrons. The van der Waals surface area contributed by atoms with Gasteiger partial charge in [0.25, 0.3) is 0 Å². The number of thiazole rings is 1. The molecule has 0 unspecified atom stereocenters. The fourth-order valence-electron chi connectivity index (χ4n) is 3.00. The van der Waals surface area contributed by atoms with Crippen molar-refractivity contribution in [3.63, 3.8) is 0 Å². The number of carbonyl (C=O) groups is 1. The summed E-state index contributed by atoms with van der Waals surface area (Å²) in [6.45, 7) is 7.37. The van der Waals surface area contributed by atoms with E-state index in [1.165, 1.54) is 11.3 Å². The number of ether oxygens (including phenoxy) is 1. The quantitative estimate of drug-likeness (QED) is 0.874. The van der Waals surface area contributed by atoms with Crippen LogP contribution in [0.4, 0.5) is 5.13 Å². The molecule has 2 atom stereocenters. The fraction of sp³-hybridized carbons (Fsp3) is 0.733. The van der Waals surface area contributed by atoms with Gasteiger partial charge in [0.1, 0.15) is 0 Å². The third-order valence-electron chi connectivity index (χ3n) is 4.27. The highest BCUT2D eigenvalue weighted by Gasteiger charge is 2.25. The first kappa shape index (κ1) is 15.9. The standard InChI is InChI=1S/C15H24N4O2S/c1-11-8-12(2-3-16-11)14(20)18-15-17-13(10-22-15)9-19-4-6-21-7-5-19/h10-12,16H,2-9H2,1H3,(H,17,18,20)/t11-,12-/m0/s1. The van der Waals surface area contributed by atoms with Gasteiger partial charge in [0, 0.05) is 37.0 Å². The van der Waals surface area contributed by atoms with Crippen LogP contribution in [0.2, 0.25) is 0 Å². The van der Waals surface area contributed by atoms with E-state index in [2.05, 4.69) is 27.4 Å². The molecule has 0 aromatic carbocycles. The molecule has 0 bridgehead atoms. The highest BCUT2D eigenvalue weighted by Crippen LogP contribution is 2.21. The summed E-state index contributed by atoms with van der Waals surface area (Å²) in [6, 6.07) is 0.415. The zero-order valence-corrected chi connectivity index (χ0v) is 13.8. The molecule has 2 N–H and O–H groups in total. The Hall–Kier alpha value is -1.02. The topological polar surface area (TPSA) is 66.5 Å². The van der Waals surface area contributed by atoms with E-state index in [-0.39, 0.29) is 11.8 Å². The van der Waals surface area contributed by atoms with Crippen LogP contribution in [0.15, 0.2) is 5.38 Å². The molecule has 3 heterocycles. The van der Waals surface area contributed by atoms with Crippen LogP contribution in [0.3, 0.4) is 0 Å². The second-order valence-electron chi connectivity index (χ2n) is 6.10. The maximum atomic E-state index is 12.3. The van der Waals surface area contributed by atoms with E-state index < -0.39 is 0 Å². The zero-order valence-electron chi connectivity index (χ0n) is 13.0. The summed E-state index contributed by atoms with van der Waals surface area (Å²) in [5.74, 6) is 0.212. The largest absolute Gasteiger partial charge is 0.379 e. The van der Waals surface area contributed by atoms with E-state index in [1.54, 1.807) is 0 Å². The number of nitrogens with zero attached hydrogens (tertiary/aromatic N) is 2. The van der Waals surface area contributed by atoms with Gasteiger partial charge in [0.2, 0.25) is 5.91 Å². The summed E-state index contributed by atoms with van der Waals surface area (Å²) in [5, 5.41) is 9.12. The van der Waals surface area contributed by atoms with Crippen molar-refractivity contribution in [2.75, 3.05) is 38.2 Å². The number of aromatic nitrogens is 1. The molecule has 0 saturated carbocycles. The lowest BCUT2D eigenvalue weighted by molar-refractivity contribution is -0.120. The zero-order chi connectivity index (χ0) is 15.4. The van der Waals surface area contributed by atoms with Gasteiger partial charge in [-0.1, -0.05) is 0 Å². The van der Waals surface area contributed by atoms with E-state index in [0.717, 1.165) is 63.1 Å². The number of hydrogen-bond acceptors (Lipinski definition) is 6. The minimum atomic E-state index is 0.0999. The number of morpholine rings is 1. The maximum Gasteiger partial charge on any atom is 0.229 e. The Morgan fingerprint density at radius 2 is 2.36 bits per heavy atom. The highest BCUT2D eigenvalue weighted by atomic mass is 32.1. The van der Waals surface area contributed by atoms with E-state index in [9.17, 15) is 4.79 Å². The van der Waals surface area contributed by atoms with Crippen molar-refractivity contribution >= 4 is 22.4 Å². The van der Waals surface area contributed by atoms with Crippen LogP contribution in [0.1, 0.15) is 25.5 Å². The first-order valence-corrected chi connectivity index (χ1v) is 8.87. The van der Waals surface area contributed by atoms with Gasteiger partial charge in [-0.3, -0.25) is 9.69 Å². The number of rotatable bonds is 4. The van der Waals surface area contributed by atoms with Gasteiger partial charge in [-0.15, -0.1) is 11.3 Å². The Kier molecular flexibility index (Phi) is 5.41. The smallest absolute Gasteiger partial charge is 0.229 e. The second kappa shape index (κ2) is 7.50. The molecule has 0 spiro atoms. The predicted octanol–water partition coefficient (Wildman–Crippen LogP) is 1.30. The molecule has 2 aliphatic rings. The second-order valence-corrected chi connectivity index (χ2v) is 6.96. The average molecular weight is 324 g/mol. The van der Waals surface area contributed by atoms with Crippen molar-refractivity contribution in [1.29, 1.82) is 0 Å². The normalized spacial score (nSPS) is 26.8. The maximum absolute atomic E-state index is 12.3. The van der Waals surface area contributed by atoms with Crippen LogP contribution in [-0.4, -0.2) is 54.7 Å². The van der Waals surface area contributed by atoms with Gasteiger partial charge in [-0.05, 0) is 26.3 Å². The Morgan fingerprint density at radius 1 is 1.55 bits per heavy atom. The lowest BCUT2D eigenvalue weighted by Crippen LogP contribution is -2.40. The van der Waals surface area contributed by atoms with Gasteiger partial charge < -0.3 is 15.4 Å². The van der Waals surface area contributed by atoms with E-state index in [0.29, 0.717) is 6.04 Å². The van der Waals surface area contributed by atoms with E-state index in [4.69, 9.17) is 4.74 Å². The van der Waals surface area contributed by atoms with Crippen LogP contribution in [-0.2, 0) is 16.1 Å². The van der Waals surface area contributed by atoms with Crippen molar-refractivity contribution in [2.45, 2.75) is 32.4 Å². The molecule has 22 heavy (non-hydrogen) atoms. The van der Waals surface area contributed by atoms with Gasteiger partial charge in [0.15, 0.2) is 5.13 Å². The molecule has 0 aliphatic carbocycles. The number of piperidine rings is 1. The van der Waals surface area contributed by atoms with Gasteiger partial charge in [-0.25, -0.2) is 4.98 Å². The number of carbonyl (C=O) groups excluding carboxylic acids is 1. The molecule has 7 heteroatoms. The number of anilines is 1. The lowest BCUT2D eigenvalue weighted by atomic mass is 9.93. The van der Waals surface area contributed by atoms with Crippen molar-refractivity contribution < 1.29 is 9.53 Å². The summed E-state index contributed by atoms with van der Waals surface area (Å²) in [7, 11) is 0. The average Bonchev–Trinajstić information content (AvgIpc) is 2.95. The van der Waals surface area contributed by atoms with Crippen LogP contribution < -0.4 is 10.6 Å². The van der Waals surface area contributed by atoms with Crippen molar-refractivity contribution in [3.05, 3.63) is 11.1 Å². The summed E-state index contributed by atoms with van der Waals surface area (Å²) < 4.78 is 5.35. The van der Waals surface area contributed by atoms with Gasteiger partial charge in [-0.2, -0.15) is 0 Å². The monoisotopic (exact) mass is 324 g/mol. The molecule has 2 aliphatic heterocycles. The van der Waals surface area contributed by atoms with E-state index in [1.807, 2.05) is 5.38 Å². The van der Waals surface area contributed by atoms with Crippen LogP contribution in [0, 0.1) is 5.92 Å². The SMILES string of the molecule is C[C@H]1C[C@@H](C(=O)Nc2nc(CN3CCOCC3)cs2)CCN1. The van der Waals surface area contributed by atoms with Gasteiger partial charge >= 0.3 is 0 Å². The highest BCUT2D eigenvalue weighted by molar-refractivity contribution is 7.13. The molecule has 3 rings (SSSR count). The lowest BCUT2D eigenvalue weighted by Gasteiger charge is -2.26. The number of nitrogens with one attached hydrogen (secondary N) is 2. The third-order valence-corrected chi connectivity index (χ3v) is 5.07. The van der Waals surface area contributed by atoms with Crippen molar-refractivity contribution in [3.8, 4) is 0 Å². The Bertz CT molecular complexity index is 501. The molecule has 1 aromatic rings. The first-order chi connectivity index (χ1) is 10.7. The molecular weight excluding hydrogens is 300 g/mol. The molecule has 1 aromatic heterocycles. The summed E-state index contributed by atoms with van der Waals surface area (Å²) >= 11 is 1.51. The molecule has 0 radical (unpaired) electrons. The minimum Gasteiger partial charge on any atom is -0.379 e. The molecule has 2 fully saturated rings. The summed E-state index contributed by atoms with van der Waals surface area (Å²) in [6.07, 6.45) is 1.81. The molecule has 2 saturated heterocycles. The minimum absolute atomic E-state index is 0.0999. The molecule has 1 amide bonds. The van der Waals surface area contributed by atoms with Crippen LogP contribution in [0.5, 0.6) is 0 Å². The summed E-state index contributed by atoms with van der Waals surface area (Å²) in [5.41, 5.74) is 1.03. The molecule has 6 nitrogen and oxygen atoms in total. The summed E-state index contributed by atoms with van der Waals surface area (Å²) in [4.78, 5) is 19.2. The Morgan fingerprint density at radius 3 is 3.14 bits per heavy atom. The van der Waals surface area contributed by atoms with Gasteiger partial charge in [0.05, 0.1) is 18.9 Å². The third kappa shape index (κ3) is 4.25. The van der Waals surface area contributed by atoms with Crippen molar-refractivity contribution in [2.24, 2.45) is 5.92 Å². The Labute approximate surface area is 135 Å². The van der Waals surface area contributed by atoms with Crippen LogP contribution in [0.25, 0.3) is 0 Å². The molecular formula is C15H24N4O2S. The van der Waals surface area contributed by atoms with Crippen LogP contribution >= 0.6 is 11.3 Å². The number of amides is 1. The predicted molar refractivity (Wildman–Crippen MR) is 87.0 cm³/mol. The first-order valence-electron chi connectivity index (χ1n) is 7.99. The van der Waals surface area contributed by atoms with Crippen molar-refractivity contribution in [1.82, 2.24) is 15.2 Å². The Balaban J connectivity index is 1.51. The number of hydrogen-bond donors (Lipinski definition) is 2. The fourth-order valence-corrected chi connectivity index (χ4v) is 3.71.